The number of fused-ring (bicyclic) bond motifs is 1. The van der Waals surface area contributed by atoms with Crippen molar-refractivity contribution in [1.82, 2.24) is 18.8 Å². The van der Waals surface area contributed by atoms with Crippen LogP contribution in [0.4, 0.5) is 0 Å². The van der Waals surface area contributed by atoms with Crippen molar-refractivity contribution in [1.29, 1.82) is 0 Å². The highest BCUT2D eigenvalue weighted by atomic mass is 32.2. The van der Waals surface area contributed by atoms with Gasteiger partial charge in [-0.05, 0) is 24.3 Å². The molecule has 10 heteroatoms. The predicted molar refractivity (Wildman–Crippen MR) is 116 cm³/mol. The number of amides is 1. The van der Waals surface area contributed by atoms with E-state index in [0.29, 0.717) is 43.5 Å². The first-order chi connectivity index (χ1) is 15.5. The van der Waals surface area contributed by atoms with Crippen LogP contribution in [0.1, 0.15) is 10.5 Å². The Kier molecular flexibility index (Phi) is 5.32. The molecule has 3 heterocycles. The molecule has 0 radical (unpaired) electrons. The lowest BCUT2D eigenvalue weighted by Gasteiger charge is -2.34. The van der Waals surface area contributed by atoms with E-state index in [-0.39, 0.29) is 23.9 Å². The lowest BCUT2D eigenvalue weighted by Crippen LogP contribution is -2.50. The van der Waals surface area contributed by atoms with Crippen molar-refractivity contribution in [2.24, 2.45) is 0 Å². The fourth-order valence-electron chi connectivity index (χ4n) is 3.87. The molecule has 0 spiro atoms. The molecule has 166 valence electrons. The Labute approximate surface area is 185 Å². The molecule has 1 saturated heterocycles. The van der Waals surface area contributed by atoms with Crippen LogP contribution >= 0.6 is 0 Å². The number of aromatic nitrogens is 2. The summed E-state index contributed by atoms with van der Waals surface area (Å²) in [7, 11) is -3.71. The molecule has 1 fully saturated rings. The maximum atomic E-state index is 13.1. The van der Waals surface area contributed by atoms with Gasteiger partial charge in [-0.15, -0.1) is 0 Å². The van der Waals surface area contributed by atoms with Gasteiger partial charge in [-0.2, -0.15) is 4.31 Å². The first-order valence-electron chi connectivity index (χ1n) is 10.3. The zero-order valence-electron chi connectivity index (χ0n) is 17.3. The van der Waals surface area contributed by atoms with Crippen molar-refractivity contribution in [3.8, 4) is 17.2 Å². The maximum Gasteiger partial charge on any atom is 0.272 e. The molecule has 5 rings (SSSR count). The van der Waals surface area contributed by atoms with Crippen molar-refractivity contribution >= 4 is 15.9 Å². The Morgan fingerprint density at radius 3 is 2.38 bits per heavy atom. The van der Waals surface area contributed by atoms with Crippen LogP contribution in [0.15, 0.2) is 66.0 Å². The van der Waals surface area contributed by atoms with Gasteiger partial charge >= 0.3 is 0 Å². The summed E-state index contributed by atoms with van der Waals surface area (Å²) in [5.41, 5.74) is 1.28. The van der Waals surface area contributed by atoms with Crippen LogP contribution in [0, 0.1) is 0 Å². The molecule has 9 nitrogen and oxygen atoms in total. The number of ether oxygens (including phenoxy) is 2. The fraction of sp³-hybridized carbons (Fsp3) is 0.273. The number of imidazole rings is 1. The number of hydrogen-bond acceptors (Lipinski definition) is 6. The Hall–Kier alpha value is -3.37. The molecular formula is C22H22N4O5S. The van der Waals surface area contributed by atoms with Crippen LogP contribution in [-0.4, -0.2) is 72.5 Å². The van der Waals surface area contributed by atoms with Crippen LogP contribution in [0.3, 0.4) is 0 Å². The van der Waals surface area contributed by atoms with Gasteiger partial charge in [-0.1, -0.05) is 18.2 Å². The zero-order valence-corrected chi connectivity index (χ0v) is 18.1. The Morgan fingerprint density at radius 1 is 0.906 bits per heavy atom. The number of sulfonamides is 1. The third kappa shape index (κ3) is 3.71. The van der Waals surface area contributed by atoms with Crippen LogP contribution < -0.4 is 9.47 Å². The highest BCUT2D eigenvalue weighted by Crippen LogP contribution is 2.33. The molecule has 0 saturated carbocycles. The van der Waals surface area contributed by atoms with E-state index in [1.165, 1.54) is 22.6 Å². The minimum Gasteiger partial charge on any atom is -0.486 e. The van der Waals surface area contributed by atoms with Crippen molar-refractivity contribution in [3.05, 3.63) is 66.7 Å². The van der Waals surface area contributed by atoms with Crippen molar-refractivity contribution in [3.63, 3.8) is 0 Å². The van der Waals surface area contributed by atoms with Gasteiger partial charge in [0, 0.05) is 37.9 Å². The molecule has 2 aliphatic rings. The number of para-hydroxylation sites is 1. The SMILES string of the molecule is O=C(c1cncn1-c1ccccc1)N1CCN(S(=O)(=O)c2ccc3c(c2)OCCO3)CC1. The van der Waals surface area contributed by atoms with Gasteiger partial charge in [-0.3, -0.25) is 9.36 Å². The highest BCUT2D eigenvalue weighted by molar-refractivity contribution is 7.89. The Balaban J connectivity index is 1.29. The number of benzene rings is 2. The van der Waals surface area contributed by atoms with E-state index in [1.807, 2.05) is 30.3 Å². The second-order valence-corrected chi connectivity index (χ2v) is 9.42. The molecule has 2 aliphatic heterocycles. The zero-order chi connectivity index (χ0) is 22.1. The third-order valence-electron chi connectivity index (χ3n) is 5.57. The number of rotatable bonds is 4. The summed E-state index contributed by atoms with van der Waals surface area (Å²) in [4.78, 5) is 19.1. The minimum absolute atomic E-state index is 0.156. The summed E-state index contributed by atoms with van der Waals surface area (Å²) >= 11 is 0. The first-order valence-corrected chi connectivity index (χ1v) is 11.7. The molecule has 32 heavy (non-hydrogen) atoms. The van der Waals surface area contributed by atoms with Crippen molar-refractivity contribution < 1.29 is 22.7 Å². The number of carbonyl (C=O) groups excluding carboxylic acids is 1. The third-order valence-corrected chi connectivity index (χ3v) is 7.46. The summed E-state index contributed by atoms with van der Waals surface area (Å²) in [5, 5.41) is 0. The molecule has 0 bridgehead atoms. The molecule has 2 aromatic carbocycles. The average molecular weight is 455 g/mol. The topological polar surface area (TPSA) is 94.0 Å². The summed E-state index contributed by atoms with van der Waals surface area (Å²) in [6.07, 6.45) is 3.14. The van der Waals surface area contributed by atoms with Gasteiger partial charge in [0.1, 0.15) is 18.9 Å². The number of carbonyl (C=O) groups is 1. The van der Waals surface area contributed by atoms with E-state index in [2.05, 4.69) is 4.98 Å². The molecule has 0 N–H and O–H groups in total. The summed E-state index contributed by atoms with van der Waals surface area (Å²) in [6.45, 7) is 1.84. The van der Waals surface area contributed by atoms with Crippen LogP contribution in [0.25, 0.3) is 5.69 Å². The van der Waals surface area contributed by atoms with Gasteiger partial charge in [0.25, 0.3) is 5.91 Å². The molecule has 0 unspecified atom stereocenters. The van der Waals surface area contributed by atoms with Crippen molar-refractivity contribution in [2.45, 2.75) is 4.90 Å². The smallest absolute Gasteiger partial charge is 0.272 e. The minimum atomic E-state index is -3.71. The van der Waals surface area contributed by atoms with E-state index in [1.54, 1.807) is 21.9 Å². The van der Waals surface area contributed by atoms with Crippen molar-refractivity contribution in [2.75, 3.05) is 39.4 Å². The monoisotopic (exact) mass is 454 g/mol. The highest BCUT2D eigenvalue weighted by Gasteiger charge is 2.32. The molecule has 0 aliphatic carbocycles. The van der Waals surface area contributed by atoms with E-state index in [0.717, 1.165) is 5.69 Å². The largest absolute Gasteiger partial charge is 0.486 e. The second-order valence-electron chi connectivity index (χ2n) is 7.49. The standard InChI is InChI=1S/C22H22N4O5S/c27-22(19-15-23-16-26(19)17-4-2-1-3-5-17)24-8-10-25(11-9-24)32(28,29)18-6-7-20-21(14-18)31-13-12-30-20/h1-7,14-16H,8-13H2. The Morgan fingerprint density at radius 2 is 1.62 bits per heavy atom. The second kappa shape index (κ2) is 8.29. The van der Waals surface area contributed by atoms with E-state index in [4.69, 9.17) is 9.47 Å². The normalized spacial score (nSPS) is 16.7. The van der Waals surface area contributed by atoms with Gasteiger partial charge in [0.05, 0.1) is 17.4 Å². The summed E-state index contributed by atoms with van der Waals surface area (Å²) in [6, 6.07) is 14.1. The number of nitrogens with zero attached hydrogens (tertiary/aromatic N) is 4. The predicted octanol–water partition coefficient (Wildman–Crippen LogP) is 1.79. The summed E-state index contributed by atoms with van der Waals surface area (Å²) in [5.74, 6) is 0.795. The van der Waals surface area contributed by atoms with Gasteiger partial charge in [-0.25, -0.2) is 13.4 Å². The lowest BCUT2D eigenvalue weighted by molar-refractivity contribution is 0.0689. The average Bonchev–Trinajstić information content (AvgIpc) is 3.34. The van der Waals surface area contributed by atoms with Gasteiger partial charge in [0.15, 0.2) is 11.5 Å². The summed E-state index contributed by atoms with van der Waals surface area (Å²) < 4.78 is 40.4. The van der Waals surface area contributed by atoms with E-state index < -0.39 is 10.0 Å². The molecule has 1 amide bonds. The maximum absolute atomic E-state index is 13.1. The van der Waals surface area contributed by atoms with Gasteiger partial charge in [0.2, 0.25) is 10.0 Å². The number of hydrogen-bond donors (Lipinski definition) is 0. The Bertz CT molecular complexity index is 1230. The quantitative estimate of drug-likeness (QED) is 0.597. The van der Waals surface area contributed by atoms with Gasteiger partial charge < -0.3 is 14.4 Å². The molecule has 0 atom stereocenters. The first kappa shape index (κ1) is 20.5. The van der Waals surface area contributed by atoms with E-state index in [9.17, 15) is 13.2 Å². The van der Waals surface area contributed by atoms with Crippen LogP contribution in [0.2, 0.25) is 0 Å². The van der Waals surface area contributed by atoms with Crippen LogP contribution in [-0.2, 0) is 10.0 Å². The van der Waals surface area contributed by atoms with E-state index >= 15 is 0 Å². The number of piperazine rings is 1. The molecular weight excluding hydrogens is 432 g/mol. The lowest BCUT2D eigenvalue weighted by atomic mass is 10.3. The van der Waals surface area contributed by atoms with Crippen LogP contribution in [0.5, 0.6) is 11.5 Å². The molecule has 3 aromatic rings. The molecule has 1 aromatic heterocycles. The fourth-order valence-corrected chi connectivity index (χ4v) is 5.31.